The summed E-state index contributed by atoms with van der Waals surface area (Å²) in [4.78, 5) is 25.2. The van der Waals surface area contributed by atoms with Gasteiger partial charge in [-0.25, -0.2) is 4.79 Å². The number of carboxylic acid groups (broad SMARTS) is 1. The summed E-state index contributed by atoms with van der Waals surface area (Å²) in [6.45, 7) is 0.609. The maximum absolute atomic E-state index is 11.8. The van der Waals surface area contributed by atoms with Crippen molar-refractivity contribution in [3.8, 4) is 0 Å². The van der Waals surface area contributed by atoms with E-state index in [0.717, 1.165) is 23.2 Å². The van der Waals surface area contributed by atoms with Crippen LogP contribution in [-0.4, -0.2) is 38.2 Å². The number of carbonyl (C=O) groups is 1. The molecular weight excluding hydrogens is 278 g/mol. The lowest BCUT2D eigenvalue weighted by atomic mass is 10.3. The summed E-state index contributed by atoms with van der Waals surface area (Å²) in [7, 11) is 0. The van der Waals surface area contributed by atoms with Crippen LogP contribution in [0.1, 0.15) is 6.42 Å². The van der Waals surface area contributed by atoms with Gasteiger partial charge in [-0.2, -0.15) is 11.8 Å². The molecule has 0 saturated carbocycles. The molecule has 20 heavy (non-hydrogen) atoms. The van der Waals surface area contributed by atoms with Crippen LogP contribution in [0.15, 0.2) is 29.1 Å². The van der Waals surface area contributed by atoms with Crippen LogP contribution < -0.4 is 11.4 Å². The molecule has 4 N–H and O–H groups in total. The van der Waals surface area contributed by atoms with Crippen molar-refractivity contribution in [2.75, 3.05) is 11.5 Å². The quantitative estimate of drug-likeness (QED) is 0.658. The molecule has 6 nitrogen and oxygen atoms in total. The molecule has 0 bridgehead atoms. The molecule has 0 aliphatic heterocycles. The number of hydrogen-bond donors (Lipinski definition) is 3. The normalized spacial score (nSPS) is 12.7. The van der Waals surface area contributed by atoms with Crippen molar-refractivity contribution in [1.82, 2.24) is 9.55 Å². The highest BCUT2D eigenvalue weighted by atomic mass is 32.2. The molecule has 2 aromatic rings. The Balaban J connectivity index is 1.86. The number of nitrogens with one attached hydrogen (secondary N) is 1. The molecule has 0 radical (unpaired) electrons. The Morgan fingerprint density at radius 3 is 2.95 bits per heavy atom. The van der Waals surface area contributed by atoms with E-state index in [0.29, 0.717) is 12.3 Å². The molecule has 1 heterocycles. The first kappa shape index (κ1) is 14.7. The Kier molecular flexibility index (Phi) is 4.86. The van der Waals surface area contributed by atoms with Crippen molar-refractivity contribution in [2.45, 2.75) is 19.0 Å². The number of aromatic amines is 1. The van der Waals surface area contributed by atoms with Crippen LogP contribution >= 0.6 is 11.8 Å². The average molecular weight is 295 g/mol. The zero-order valence-corrected chi connectivity index (χ0v) is 11.7. The summed E-state index contributed by atoms with van der Waals surface area (Å²) in [6.07, 6.45) is 0.790. The molecule has 2 rings (SSSR count). The number of hydrogen-bond acceptors (Lipinski definition) is 4. The predicted molar refractivity (Wildman–Crippen MR) is 80.1 cm³/mol. The fourth-order valence-corrected chi connectivity index (χ4v) is 2.83. The summed E-state index contributed by atoms with van der Waals surface area (Å²) in [5, 5.41) is 8.66. The van der Waals surface area contributed by atoms with E-state index in [9.17, 15) is 9.59 Å². The molecule has 0 unspecified atom stereocenters. The number of carboxylic acids is 1. The Morgan fingerprint density at radius 2 is 2.20 bits per heavy atom. The third-order valence-corrected chi connectivity index (χ3v) is 4.14. The minimum Gasteiger partial charge on any atom is -0.480 e. The van der Waals surface area contributed by atoms with Gasteiger partial charge in [-0.15, -0.1) is 0 Å². The SMILES string of the molecule is N[C@@H](CSCCCn1c(=O)[nH]c2ccccc21)C(=O)O. The third-order valence-electron chi connectivity index (χ3n) is 2.97. The van der Waals surface area contributed by atoms with Gasteiger partial charge in [-0.3, -0.25) is 9.36 Å². The van der Waals surface area contributed by atoms with Crippen molar-refractivity contribution in [1.29, 1.82) is 0 Å². The highest BCUT2D eigenvalue weighted by Crippen LogP contribution is 2.11. The second-order valence-electron chi connectivity index (χ2n) is 4.47. The number of H-pyrrole nitrogens is 1. The van der Waals surface area contributed by atoms with Crippen molar-refractivity contribution in [3.05, 3.63) is 34.7 Å². The van der Waals surface area contributed by atoms with E-state index in [1.165, 1.54) is 11.8 Å². The molecule has 0 fully saturated rings. The summed E-state index contributed by atoms with van der Waals surface area (Å²) in [5.74, 6) is 0.177. The summed E-state index contributed by atoms with van der Waals surface area (Å²) in [6, 6.07) is 6.73. The van der Waals surface area contributed by atoms with Crippen LogP contribution in [0, 0.1) is 0 Å². The number of aryl methyl sites for hydroxylation is 1. The number of thioether (sulfide) groups is 1. The molecule has 108 valence electrons. The monoisotopic (exact) mass is 295 g/mol. The topological polar surface area (TPSA) is 101 Å². The van der Waals surface area contributed by atoms with Crippen LogP contribution in [-0.2, 0) is 11.3 Å². The van der Waals surface area contributed by atoms with Gasteiger partial charge in [0.25, 0.3) is 0 Å². The summed E-state index contributed by atoms with van der Waals surface area (Å²) < 4.78 is 1.70. The number of aliphatic carboxylic acids is 1. The van der Waals surface area contributed by atoms with E-state index < -0.39 is 12.0 Å². The summed E-state index contributed by atoms with van der Waals surface area (Å²) >= 11 is 1.49. The Hall–Kier alpha value is -1.73. The lowest BCUT2D eigenvalue weighted by Crippen LogP contribution is -2.32. The van der Waals surface area contributed by atoms with Gasteiger partial charge in [0.15, 0.2) is 0 Å². The van der Waals surface area contributed by atoms with Gasteiger partial charge in [0.2, 0.25) is 0 Å². The molecule has 1 atom stereocenters. The van der Waals surface area contributed by atoms with Crippen LogP contribution in [0.5, 0.6) is 0 Å². The van der Waals surface area contributed by atoms with E-state index in [4.69, 9.17) is 10.8 Å². The number of benzene rings is 1. The zero-order valence-electron chi connectivity index (χ0n) is 10.9. The molecule has 0 aliphatic rings. The number of rotatable bonds is 7. The van der Waals surface area contributed by atoms with E-state index >= 15 is 0 Å². The molecule has 1 aromatic heterocycles. The van der Waals surface area contributed by atoms with Crippen molar-refractivity contribution >= 4 is 28.8 Å². The van der Waals surface area contributed by atoms with Crippen LogP contribution in [0.2, 0.25) is 0 Å². The zero-order chi connectivity index (χ0) is 14.5. The molecular formula is C13H17N3O3S. The minimum atomic E-state index is -0.981. The first-order valence-corrected chi connectivity index (χ1v) is 7.48. The fraction of sp³-hybridized carbons (Fsp3) is 0.385. The highest BCUT2D eigenvalue weighted by Gasteiger charge is 2.10. The number of nitrogens with two attached hydrogens (primary N) is 1. The van der Waals surface area contributed by atoms with Gasteiger partial charge in [0, 0.05) is 12.3 Å². The highest BCUT2D eigenvalue weighted by molar-refractivity contribution is 7.99. The van der Waals surface area contributed by atoms with Gasteiger partial charge in [-0.1, -0.05) is 12.1 Å². The standard InChI is InChI=1S/C13H17N3O3S/c14-9(12(17)18)8-20-7-3-6-16-11-5-2-1-4-10(11)15-13(16)19/h1-2,4-5,9H,3,6-8,14H2,(H,15,19)(H,17,18)/t9-/m0/s1. The smallest absolute Gasteiger partial charge is 0.326 e. The van der Waals surface area contributed by atoms with E-state index in [-0.39, 0.29) is 5.69 Å². The lowest BCUT2D eigenvalue weighted by Gasteiger charge is -2.06. The Bertz CT molecular complexity index is 650. The third kappa shape index (κ3) is 3.43. The summed E-state index contributed by atoms with van der Waals surface area (Å²) in [5.41, 5.74) is 7.02. The van der Waals surface area contributed by atoms with Crippen molar-refractivity contribution < 1.29 is 9.90 Å². The molecule has 0 aliphatic carbocycles. The minimum absolute atomic E-state index is 0.113. The van der Waals surface area contributed by atoms with Crippen LogP contribution in [0.3, 0.4) is 0 Å². The van der Waals surface area contributed by atoms with Crippen molar-refractivity contribution in [2.24, 2.45) is 5.73 Å². The van der Waals surface area contributed by atoms with Gasteiger partial charge >= 0.3 is 11.7 Å². The van der Waals surface area contributed by atoms with E-state index in [1.54, 1.807) is 4.57 Å². The second kappa shape index (κ2) is 6.62. The van der Waals surface area contributed by atoms with Gasteiger partial charge in [0.1, 0.15) is 6.04 Å². The largest absolute Gasteiger partial charge is 0.480 e. The lowest BCUT2D eigenvalue weighted by molar-refractivity contribution is -0.137. The maximum atomic E-state index is 11.8. The maximum Gasteiger partial charge on any atom is 0.326 e. The molecule has 7 heteroatoms. The van der Waals surface area contributed by atoms with Crippen LogP contribution in [0.25, 0.3) is 11.0 Å². The number of imidazole rings is 1. The second-order valence-corrected chi connectivity index (χ2v) is 5.62. The molecule has 0 amide bonds. The molecule has 0 saturated heterocycles. The molecule has 1 aromatic carbocycles. The first-order valence-electron chi connectivity index (χ1n) is 6.33. The van der Waals surface area contributed by atoms with Crippen LogP contribution in [0.4, 0.5) is 0 Å². The average Bonchev–Trinajstić information content (AvgIpc) is 2.74. The first-order chi connectivity index (χ1) is 9.59. The van der Waals surface area contributed by atoms with Gasteiger partial charge < -0.3 is 15.8 Å². The Labute approximate surface area is 120 Å². The van der Waals surface area contributed by atoms with Gasteiger partial charge in [0.05, 0.1) is 11.0 Å². The fourth-order valence-electron chi connectivity index (χ4n) is 1.94. The number of fused-ring (bicyclic) bond motifs is 1. The Morgan fingerprint density at radius 1 is 1.45 bits per heavy atom. The molecule has 0 spiro atoms. The van der Waals surface area contributed by atoms with E-state index in [1.807, 2.05) is 24.3 Å². The van der Waals surface area contributed by atoms with Crippen molar-refractivity contribution in [3.63, 3.8) is 0 Å². The van der Waals surface area contributed by atoms with Gasteiger partial charge in [-0.05, 0) is 24.3 Å². The number of aromatic nitrogens is 2. The number of para-hydroxylation sites is 2. The predicted octanol–water partition coefficient (Wildman–Crippen LogP) is 0.865. The number of nitrogens with zero attached hydrogens (tertiary/aromatic N) is 1. The van der Waals surface area contributed by atoms with E-state index in [2.05, 4.69) is 4.98 Å².